The third-order valence-electron chi connectivity index (χ3n) is 2.59. The standard InChI is InChI=1S/C8H12N2O2S/c1-8(2)10-5(4-13-8)6(11)9(3)7(10)12/h5H,4H2,1-3H3. The molecule has 72 valence electrons. The summed E-state index contributed by atoms with van der Waals surface area (Å²) in [7, 11) is 1.55. The zero-order chi connectivity index (χ0) is 9.80. The summed E-state index contributed by atoms with van der Waals surface area (Å²) in [6.07, 6.45) is 0. The predicted octanol–water partition coefficient (Wildman–Crippen LogP) is 0.732. The summed E-state index contributed by atoms with van der Waals surface area (Å²) in [5.41, 5.74) is 0. The van der Waals surface area contributed by atoms with Gasteiger partial charge in [0.15, 0.2) is 0 Å². The van der Waals surface area contributed by atoms with Gasteiger partial charge in [-0.15, -0.1) is 11.8 Å². The summed E-state index contributed by atoms with van der Waals surface area (Å²) in [5, 5.41) is 0. The lowest BCUT2D eigenvalue weighted by Crippen LogP contribution is -2.42. The van der Waals surface area contributed by atoms with Crippen LogP contribution in [-0.2, 0) is 4.79 Å². The van der Waals surface area contributed by atoms with Crippen molar-refractivity contribution in [2.24, 2.45) is 0 Å². The molecule has 2 aliphatic rings. The number of nitrogens with zero attached hydrogens (tertiary/aromatic N) is 2. The molecule has 13 heavy (non-hydrogen) atoms. The Balaban J connectivity index is 2.38. The average molecular weight is 200 g/mol. The van der Waals surface area contributed by atoms with Crippen molar-refractivity contribution in [3.05, 3.63) is 0 Å². The van der Waals surface area contributed by atoms with E-state index in [4.69, 9.17) is 0 Å². The highest BCUT2D eigenvalue weighted by Crippen LogP contribution is 2.42. The van der Waals surface area contributed by atoms with Crippen LogP contribution in [-0.4, -0.2) is 45.5 Å². The number of rotatable bonds is 0. The normalized spacial score (nSPS) is 31.5. The van der Waals surface area contributed by atoms with Crippen molar-refractivity contribution in [2.45, 2.75) is 24.8 Å². The molecule has 4 nitrogen and oxygen atoms in total. The quantitative estimate of drug-likeness (QED) is 0.541. The van der Waals surface area contributed by atoms with Gasteiger partial charge in [-0.05, 0) is 13.8 Å². The zero-order valence-electron chi connectivity index (χ0n) is 7.90. The molecule has 1 unspecified atom stereocenters. The molecule has 0 aromatic heterocycles. The second kappa shape index (κ2) is 2.41. The van der Waals surface area contributed by atoms with Gasteiger partial charge in [-0.25, -0.2) is 4.79 Å². The Kier molecular flexibility index (Phi) is 1.64. The molecule has 0 bridgehead atoms. The monoisotopic (exact) mass is 200 g/mol. The first-order valence-corrected chi connectivity index (χ1v) is 5.18. The van der Waals surface area contributed by atoms with E-state index in [1.165, 1.54) is 4.90 Å². The highest BCUT2D eigenvalue weighted by Gasteiger charge is 2.54. The van der Waals surface area contributed by atoms with E-state index >= 15 is 0 Å². The van der Waals surface area contributed by atoms with Gasteiger partial charge >= 0.3 is 6.03 Å². The Morgan fingerprint density at radius 1 is 1.46 bits per heavy atom. The number of amides is 3. The van der Waals surface area contributed by atoms with Crippen LogP contribution in [0.15, 0.2) is 0 Å². The maximum absolute atomic E-state index is 11.6. The van der Waals surface area contributed by atoms with Crippen LogP contribution in [0.2, 0.25) is 0 Å². The number of likely N-dealkylation sites (N-methyl/N-ethyl adjacent to an activating group) is 1. The topological polar surface area (TPSA) is 40.6 Å². The number of carbonyl (C=O) groups excluding carboxylic acids is 2. The van der Waals surface area contributed by atoms with Crippen molar-refractivity contribution in [2.75, 3.05) is 12.8 Å². The fourth-order valence-electron chi connectivity index (χ4n) is 1.83. The Hall–Kier alpha value is -0.710. The number of fused-ring (bicyclic) bond motifs is 1. The van der Waals surface area contributed by atoms with Crippen molar-refractivity contribution < 1.29 is 9.59 Å². The largest absolute Gasteiger partial charge is 0.328 e. The third kappa shape index (κ3) is 0.995. The van der Waals surface area contributed by atoms with Crippen LogP contribution < -0.4 is 0 Å². The Morgan fingerprint density at radius 2 is 2.08 bits per heavy atom. The smallest absolute Gasteiger partial charge is 0.297 e. The molecule has 0 aliphatic carbocycles. The minimum Gasteiger partial charge on any atom is -0.297 e. The molecule has 0 aromatic rings. The minimum absolute atomic E-state index is 0.0666. The predicted molar refractivity (Wildman–Crippen MR) is 50.3 cm³/mol. The molecule has 2 rings (SSSR count). The van der Waals surface area contributed by atoms with Gasteiger partial charge < -0.3 is 0 Å². The van der Waals surface area contributed by atoms with Crippen molar-refractivity contribution in [1.82, 2.24) is 9.80 Å². The van der Waals surface area contributed by atoms with E-state index in [1.807, 2.05) is 13.8 Å². The third-order valence-corrected chi connectivity index (χ3v) is 3.98. The lowest BCUT2D eigenvalue weighted by atomic mass is 10.2. The van der Waals surface area contributed by atoms with Gasteiger partial charge in [0.25, 0.3) is 5.91 Å². The second-order valence-corrected chi connectivity index (χ2v) is 5.44. The maximum atomic E-state index is 11.6. The highest BCUT2D eigenvalue weighted by molar-refractivity contribution is 8.00. The number of hydrogen-bond donors (Lipinski definition) is 0. The lowest BCUT2D eigenvalue weighted by molar-refractivity contribution is -0.126. The Morgan fingerprint density at radius 3 is 2.62 bits per heavy atom. The molecule has 5 heteroatoms. The number of thioether (sulfide) groups is 1. The van der Waals surface area contributed by atoms with Gasteiger partial charge in [-0.2, -0.15) is 0 Å². The van der Waals surface area contributed by atoms with E-state index in [9.17, 15) is 9.59 Å². The Labute approximate surface area is 81.2 Å². The molecular formula is C8H12N2O2S. The molecule has 1 atom stereocenters. The fraction of sp³-hybridized carbons (Fsp3) is 0.750. The molecule has 0 radical (unpaired) electrons. The van der Waals surface area contributed by atoms with Gasteiger partial charge in [0.2, 0.25) is 0 Å². The van der Waals surface area contributed by atoms with Gasteiger partial charge in [0.05, 0.1) is 4.87 Å². The molecule has 2 aliphatic heterocycles. The summed E-state index contributed by atoms with van der Waals surface area (Å²) in [5.74, 6) is 0.658. The first-order valence-electron chi connectivity index (χ1n) is 4.20. The van der Waals surface area contributed by atoms with Crippen molar-refractivity contribution in [3.8, 4) is 0 Å². The first kappa shape index (κ1) is 8.87. The van der Waals surface area contributed by atoms with E-state index in [0.717, 1.165) is 5.75 Å². The van der Waals surface area contributed by atoms with Gasteiger partial charge in [0, 0.05) is 12.8 Å². The number of hydrogen-bond acceptors (Lipinski definition) is 3. The van der Waals surface area contributed by atoms with E-state index in [1.54, 1.807) is 23.7 Å². The average Bonchev–Trinajstić information content (AvgIpc) is 2.46. The van der Waals surface area contributed by atoms with Crippen LogP contribution in [0.5, 0.6) is 0 Å². The molecule has 2 saturated heterocycles. The van der Waals surface area contributed by atoms with Crippen LogP contribution >= 0.6 is 11.8 Å². The van der Waals surface area contributed by atoms with Crippen molar-refractivity contribution in [3.63, 3.8) is 0 Å². The van der Waals surface area contributed by atoms with Crippen molar-refractivity contribution in [1.29, 1.82) is 0 Å². The minimum atomic E-state index is -0.234. The van der Waals surface area contributed by atoms with E-state index in [2.05, 4.69) is 0 Å². The van der Waals surface area contributed by atoms with E-state index in [0.29, 0.717) is 0 Å². The van der Waals surface area contributed by atoms with E-state index < -0.39 is 0 Å². The SMILES string of the molecule is CN1C(=O)C2CSC(C)(C)N2C1=O. The lowest BCUT2D eigenvalue weighted by Gasteiger charge is -2.28. The van der Waals surface area contributed by atoms with E-state index in [-0.39, 0.29) is 22.9 Å². The molecule has 0 N–H and O–H groups in total. The summed E-state index contributed by atoms with van der Waals surface area (Å²) in [4.78, 5) is 25.8. The van der Waals surface area contributed by atoms with Crippen LogP contribution in [0.25, 0.3) is 0 Å². The van der Waals surface area contributed by atoms with Gasteiger partial charge in [-0.1, -0.05) is 0 Å². The maximum Gasteiger partial charge on any atom is 0.328 e. The fourth-order valence-corrected chi connectivity index (χ4v) is 3.03. The van der Waals surface area contributed by atoms with Crippen LogP contribution in [0.4, 0.5) is 4.79 Å². The van der Waals surface area contributed by atoms with Gasteiger partial charge in [0.1, 0.15) is 6.04 Å². The highest BCUT2D eigenvalue weighted by atomic mass is 32.2. The second-order valence-electron chi connectivity index (χ2n) is 3.82. The molecule has 0 spiro atoms. The Bertz CT molecular complexity index is 290. The summed E-state index contributed by atoms with van der Waals surface area (Å²) in [6, 6.07) is -0.387. The molecule has 0 saturated carbocycles. The van der Waals surface area contributed by atoms with Crippen LogP contribution in [0.1, 0.15) is 13.8 Å². The molecule has 2 fully saturated rings. The van der Waals surface area contributed by atoms with Crippen LogP contribution in [0.3, 0.4) is 0 Å². The number of imide groups is 1. The van der Waals surface area contributed by atoms with Crippen LogP contribution in [0, 0.1) is 0 Å². The molecule has 0 aromatic carbocycles. The first-order chi connectivity index (χ1) is 5.95. The summed E-state index contributed by atoms with van der Waals surface area (Å²) >= 11 is 1.66. The molecule has 2 heterocycles. The van der Waals surface area contributed by atoms with Gasteiger partial charge in [-0.3, -0.25) is 14.6 Å². The molecule has 3 amide bonds. The molecular weight excluding hydrogens is 188 g/mol. The summed E-state index contributed by atoms with van der Waals surface area (Å²) in [6.45, 7) is 3.95. The van der Waals surface area contributed by atoms with Crippen molar-refractivity contribution >= 4 is 23.7 Å². The number of urea groups is 1. The number of carbonyl (C=O) groups is 2. The summed E-state index contributed by atoms with van der Waals surface area (Å²) < 4.78 is 0. The zero-order valence-corrected chi connectivity index (χ0v) is 8.72.